The summed E-state index contributed by atoms with van der Waals surface area (Å²) in [6.07, 6.45) is 3.35. The number of carbonyl (C=O) groups is 1. The molecule has 0 aliphatic heterocycles. The van der Waals surface area contributed by atoms with Crippen LogP contribution in [0.5, 0.6) is 11.5 Å². The Balaban J connectivity index is 1.54. The molecule has 3 aromatic rings. The molecule has 2 aromatic heterocycles. The second-order valence-electron chi connectivity index (χ2n) is 9.88. The highest BCUT2D eigenvalue weighted by Gasteiger charge is 2.36. The van der Waals surface area contributed by atoms with Crippen LogP contribution in [0.2, 0.25) is 18.1 Å². The normalized spacial score (nSPS) is 11.9. The van der Waals surface area contributed by atoms with Gasteiger partial charge in [0.2, 0.25) is 0 Å². The van der Waals surface area contributed by atoms with Gasteiger partial charge in [0.1, 0.15) is 11.3 Å². The molecule has 0 radical (unpaired) electrons. The van der Waals surface area contributed by atoms with Gasteiger partial charge in [-0.3, -0.25) is 10.3 Å². The van der Waals surface area contributed by atoms with Gasteiger partial charge in [-0.25, -0.2) is 14.8 Å². The first-order chi connectivity index (χ1) is 16.5. The molecule has 188 valence electrons. The molecular formula is C25H35N5O4Si. The summed E-state index contributed by atoms with van der Waals surface area (Å²) in [5.74, 6) is 0.769. The minimum atomic E-state index is -1.73. The number of ether oxygens (including phenoxy) is 1. The van der Waals surface area contributed by atoms with Gasteiger partial charge in [0.25, 0.3) is 0 Å². The fourth-order valence-electron chi connectivity index (χ4n) is 3.08. The molecule has 0 unspecified atom stereocenters. The van der Waals surface area contributed by atoms with Gasteiger partial charge < -0.3 is 19.6 Å². The van der Waals surface area contributed by atoms with Crippen molar-refractivity contribution in [2.75, 3.05) is 25.6 Å². The summed E-state index contributed by atoms with van der Waals surface area (Å²) < 4.78 is 11.3. The van der Waals surface area contributed by atoms with Crippen molar-refractivity contribution in [3.05, 3.63) is 36.5 Å². The Bertz CT molecular complexity index is 1180. The van der Waals surface area contributed by atoms with Gasteiger partial charge in [-0.15, -0.1) is 0 Å². The maximum Gasteiger partial charge on any atom is 0.320 e. The number of phenols is 1. The lowest BCUT2D eigenvalue weighted by molar-refractivity contribution is 0.250. The highest BCUT2D eigenvalue weighted by Crippen LogP contribution is 2.36. The Kier molecular flexibility index (Phi) is 8.29. The van der Waals surface area contributed by atoms with Crippen molar-refractivity contribution in [3.8, 4) is 22.8 Å². The van der Waals surface area contributed by atoms with E-state index in [-0.39, 0.29) is 16.8 Å². The number of aromatic hydroxyl groups is 1. The maximum absolute atomic E-state index is 12.3. The Morgan fingerprint density at radius 3 is 2.60 bits per heavy atom. The number of anilines is 1. The summed E-state index contributed by atoms with van der Waals surface area (Å²) in [6, 6.07) is 8.06. The number of aromatic nitrogens is 3. The van der Waals surface area contributed by atoms with Gasteiger partial charge in [-0.05, 0) is 61.3 Å². The van der Waals surface area contributed by atoms with Gasteiger partial charge in [0, 0.05) is 18.7 Å². The number of methoxy groups -OCH3 is 1. The number of hydrogen-bond acceptors (Lipinski definition) is 7. The molecule has 2 heterocycles. The van der Waals surface area contributed by atoms with Crippen molar-refractivity contribution in [2.24, 2.45) is 0 Å². The quantitative estimate of drug-likeness (QED) is 0.270. The summed E-state index contributed by atoms with van der Waals surface area (Å²) in [6.45, 7) is 12.4. The average molecular weight is 498 g/mol. The number of rotatable bonds is 9. The first kappa shape index (κ1) is 26.4. The van der Waals surface area contributed by atoms with Crippen molar-refractivity contribution in [1.82, 2.24) is 20.3 Å². The first-order valence-electron chi connectivity index (χ1n) is 11.7. The minimum absolute atomic E-state index is 0.0451. The molecule has 2 amide bonds. The van der Waals surface area contributed by atoms with E-state index in [4.69, 9.17) is 9.16 Å². The summed E-state index contributed by atoms with van der Waals surface area (Å²) in [5, 5.41) is 15.6. The Hall–Kier alpha value is -3.24. The largest absolute Gasteiger partial charge is 0.504 e. The summed E-state index contributed by atoms with van der Waals surface area (Å²) >= 11 is 0. The van der Waals surface area contributed by atoms with Crippen LogP contribution in [0.25, 0.3) is 22.4 Å². The van der Waals surface area contributed by atoms with Crippen LogP contribution < -0.4 is 15.4 Å². The molecule has 0 saturated carbocycles. The molecule has 0 atom stereocenters. The molecule has 0 saturated heterocycles. The molecule has 0 spiro atoms. The van der Waals surface area contributed by atoms with Gasteiger partial charge >= 0.3 is 6.03 Å². The van der Waals surface area contributed by atoms with Crippen LogP contribution in [0.1, 0.15) is 33.6 Å². The number of nitrogens with one attached hydrogen (secondary N) is 2. The number of pyridine rings is 1. The molecule has 1 aromatic carbocycles. The maximum atomic E-state index is 12.3. The lowest BCUT2D eigenvalue weighted by Crippen LogP contribution is -2.41. The Morgan fingerprint density at radius 2 is 1.89 bits per heavy atom. The molecular weight excluding hydrogens is 462 g/mol. The number of carbonyl (C=O) groups excluding carboxylic acids is 1. The summed E-state index contributed by atoms with van der Waals surface area (Å²) in [4.78, 5) is 25.7. The summed E-state index contributed by atoms with van der Waals surface area (Å²) in [7, 11) is -0.245. The zero-order valence-electron chi connectivity index (χ0n) is 21.3. The van der Waals surface area contributed by atoms with E-state index in [2.05, 4.69) is 59.5 Å². The van der Waals surface area contributed by atoms with E-state index in [0.29, 0.717) is 41.6 Å². The van der Waals surface area contributed by atoms with E-state index < -0.39 is 8.32 Å². The highest BCUT2D eigenvalue weighted by molar-refractivity contribution is 6.74. The van der Waals surface area contributed by atoms with Crippen molar-refractivity contribution in [1.29, 1.82) is 0 Å². The predicted octanol–water partition coefficient (Wildman–Crippen LogP) is 5.33. The van der Waals surface area contributed by atoms with E-state index in [9.17, 15) is 9.90 Å². The molecule has 9 nitrogen and oxygen atoms in total. The highest BCUT2D eigenvalue weighted by atomic mass is 28.4. The number of unbranched alkanes of at least 4 members (excludes halogenated alkanes) is 1. The van der Waals surface area contributed by atoms with Crippen molar-refractivity contribution < 1.29 is 19.1 Å². The first-order valence-corrected chi connectivity index (χ1v) is 14.6. The molecule has 0 bridgehead atoms. The van der Waals surface area contributed by atoms with Crippen LogP contribution in [0.3, 0.4) is 0 Å². The molecule has 3 N–H and O–H groups in total. The molecule has 35 heavy (non-hydrogen) atoms. The van der Waals surface area contributed by atoms with E-state index in [0.717, 1.165) is 18.4 Å². The fourth-order valence-corrected chi connectivity index (χ4v) is 4.16. The van der Waals surface area contributed by atoms with Gasteiger partial charge in [-0.2, -0.15) is 0 Å². The molecule has 0 aliphatic carbocycles. The van der Waals surface area contributed by atoms with E-state index >= 15 is 0 Å². The predicted molar refractivity (Wildman–Crippen MR) is 140 cm³/mol. The summed E-state index contributed by atoms with van der Waals surface area (Å²) in [5.41, 5.74) is 2.30. The van der Waals surface area contributed by atoms with Crippen LogP contribution in [-0.2, 0) is 4.43 Å². The lowest BCUT2D eigenvalue weighted by Gasteiger charge is -2.36. The van der Waals surface area contributed by atoms with Crippen molar-refractivity contribution in [2.45, 2.75) is 51.7 Å². The monoisotopic (exact) mass is 497 g/mol. The smallest absolute Gasteiger partial charge is 0.320 e. The third-order valence-corrected chi connectivity index (χ3v) is 10.8. The van der Waals surface area contributed by atoms with E-state index in [1.54, 1.807) is 30.5 Å². The number of phenolic OH excluding ortho intramolecular Hbond substituents is 1. The minimum Gasteiger partial charge on any atom is -0.504 e. The third-order valence-electron chi connectivity index (χ3n) is 6.25. The van der Waals surface area contributed by atoms with Crippen LogP contribution in [0, 0.1) is 0 Å². The zero-order valence-corrected chi connectivity index (χ0v) is 22.3. The second kappa shape index (κ2) is 11.0. The van der Waals surface area contributed by atoms with Crippen molar-refractivity contribution >= 4 is 31.3 Å². The van der Waals surface area contributed by atoms with Crippen LogP contribution in [0.15, 0.2) is 36.5 Å². The average Bonchev–Trinajstić information content (AvgIpc) is 2.80. The second-order valence-corrected chi connectivity index (χ2v) is 14.7. The molecule has 0 fully saturated rings. The molecule has 10 heteroatoms. The Labute approximate surface area is 207 Å². The third kappa shape index (κ3) is 6.89. The molecule has 0 aliphatic rings. The number of fused-ring (bicyclic) bond motifs is 1. The SMILES string of the molecule is COc1cc(-c2cnc3ccc(NC(=O)NCCCCO[Si](C)(C)C(C)(C)C)nc3n2)ccc1O. The van der Waals surface area contributed by atoms with Gasteiger partial charge in [0.15, 0.2) is 25.5 Å². The standard InChI is InChI=1S/C25H35N5O4Si/c1-25(2,3)35(5,6)34-14-8-7-13-26-24(32)30-22-12-10-18-23(29-22)28-19(16-27-18)17-9-11-20(31)21(15-17)33-4/h9-12,15-16,31H,7-8,13-14H2,1-6H3,(H2,26,28,29,30,32). The lowest BCUT2D eigenvalue weighted by atomic mass is 10.1. The number of urea groups is 1. The van der Waals surface area contributed by atoms with E-state index in [1.165, 1.54) is 13.2 Å². The Morgan fingerprint density at radius 1 is 1.11 bits per heavy atom. The van der Waals surface area contributed by atoms with Crippen LogP contribution in [-0.4, -0.2) is 54.7 Å². The van der Waals surface area contributed by atoms with E-state index in [1.807, 2.05) is 0 Å². The van der Waals surface area contributed by atoms with Crippen LogP contribution in [0.4, 0.5) is 10.6 Å². The number of amides is 2. The van der Waals surface area contributed by atoms with Crippen LogP contribution >= 0.6 is 0 Å². The van der Waals surface area contributed by atoms with Gasteiger partial charge in [-0.1, -0.05) is 20.8 Å². The topological polar surface area (TPSA) is 118 Å². The number of benzene rings is 1. The van der Waals surface area contributed by atoms with Gasteiger partial charge in [0.05, 0.1) is 19.0 Å². The number of nitrogens with zero attached hydrogens (tertiary/aromatic N) is 3. The zero-order chi connectivity index (χ0) is 25.6. The fraction of sp³-hybridized carbons (Fsp3) is 0.440. The number of hydrogen-bond donors (Lipinski definition) is 3. The molecule has 3 rings (SSSR count). The van der Waals surface area contributed by atoms with Crippen molar-refractivity contribution in [3.63, 3.8) is 0 Å².